The van der Waals surface area contributed by atoms with Crippen molar-refractivity contribution in [3.8, 4) is 23.0 Å². The van der Waals surface area contributed by atoms with Crippen molar-refractivity contribution in [3.63, 3.8) is 0 Å². The highest BCUT2D eigenvalue weighted by atomic mass is 35.5. The number of fused-ring (bicyclic) bond motifs is 2. The first-order chi connectivity index (χ1) is 18.2. The minimum atomic E-state index is -0.155. The Balaban J connectivity index is 1.49. The Bertz CT molecular complexity index is 1530. The zero-order chi connectivity index (χ0) is 27.0. The molecule has 0 saturated heterocycles. The monoisotopic (exact) mass is 546 g/mol. The number of thioether (sulfide) groups is 1. The first-order valence-corrected chi connectivity index (χ1v) is 13.5. The standard InChI is InChI=1S/C29H27ClN4O3S/c1-15-9-16(2)25(17(3)10-15)32-24(36)14-38-29-23-11-22-20(13-35)12-31-18(4)26(22)37-28(23)33-27(34-29)19-5-7-21(30)8-6-19/h5-10,12,35H,11,13-14H2,1-4H3,(H,32,36). The summed E-state index contributed by atoms with van der Waals surface area (Å²) in [4.78, 5) is 26.9. The average Bonchev–Trinajstić information content (AvgIpc) is 2.89. The fourth-order valence-corrected chi connectivity index (χ4v) is 5.58. The smallest absolute Gasteiger partial charge is 0.234 e. The Morgan fingerprint density at radius 3 is 2.47 bits per heavy atom. The number of nitrogens with zero attached hydrogens (tertiary/aromatic N) is 3. The molecule has 0 unspecified atom stereocenters. The number of aliphatic hydroxyl groups is 1. The highest BCUT2D eigenvalue weighted by Crippen LogP contribution is 2.42. The van der Waals surface area contributed by atoms with Gasteiger partial charge in [-0.2, -0.15) is 4.98 Å². The number of aryl methyl sites for hydroxylation is 4. The number of rotatable bonds is 6. The molecule has 3 heterocycles. The van der Waals surface area contributed by atoms with Crippen molar-refractivity contribution in [2.24, 2.45) is 0 Å². The van der Waals surface area contributed by atoms with E-state index in [1.54, 1.807) is 18.3 Å². The summed E-state index contributed by atoms with van der Waals surface area (Å²) in [6.07, 6.45) is 2.13. The summed E-state index contributed by atoms with van der Waals surface area (Å²) in [5, 5.41) is 14.2. The Hall–Kier alpha value is -3.46. The molecule has 0 fully saturated rings. The van der Waals surface area contributed by atoms with Crippen LogP contribution in [0.15, 0.2) is 47.6 Å². The van der Waals surface area contributed by atoms with Gasteiger partial charge in [0.05, 0.1) is 23.6 Å². The second-order valence-corrected chi connectivity index (χ2v) is 10.8. The number of carbonyl (C=O) groups excluding carboxylic acids is 1. The normalized spacial score (nSPS) is 11.9. The van der Waals surface area contributed by atoms with Crippen molar-refractivity contribution in [1.29, 1.82) is 0 Å². The number of benzene rings is 2. The lowest BCUT2D eigenvalue weighted by Gasteiger charge is -2.24. The summed E-state index contributed by atoms with van der Waals surface area (Å²) < 4.78 is 6.26. The minimum Gasteiger partial charge on any atom is -0.436 e. The summed E-state index contributed by atoms with van der Waals surface area (Å²) in [5.74, 6) is 1.53. The number of aromatic nitrogens is 3. The van der Waals surface area contributed by atoms with Crippen LogP contribution in [0.1, 0.15) is 39.1 Å². The van der Waals surface area contributed by atoms with Gasteiger partial charge in [-0.05, 0) is 63.1 Å². The summed E-state index contributed by atoms with van der Waals surface area (Å²) in [6.45, 7) is 7.73. The molecule has 0 spiro atoms. The highest BCUT2D eigenvalue weighted by molar-refractivity contribution is 8.00. The first-order valence-electron chi connectivity index (χ1n) is 12.2. The van der Waals surface area contributed by atoms with E-state index in [1.807, 2.05) is 39.8 Å². The number of pyridine rings is 1. The molecule has 0 saturated carbocycles. The number of carbonyl (C=O) groups is 1. The van der Waals surface area contributed by atoms with Gasteiger partial charge in [-0.1, -0.05) is 41.1 Å². The van der Waals surface area contributed by atoms with Gasteiger partial charge in [0, 0.05) is 40.0 Å². The van der Waals surface area contributed by atoms with E-state index in [9.17, 15) is 9.90 Å². The zero-order valence-corrected chi connectivity index (χ0v) is 23.1. The predicted octanol–water partition coefficient (Wildman–Crippen LogP) is 6.35. The number of ether oxygens (including phenoxy) is 1. The van der Waals surface area contributed by atoms with Gasteiger partial charge in [0.15, 0.2) is 11.6 Å². The fourth-order valence-electron chi connectivity index (χ4n) is 4.63. The van der Waals surface area contributed by atoms with Gasteiger partial charge in [0.25, 0.3) is 0 Å². The highest BCUT2D eigenvalue weighted by Gasteiger charge is 2.28. The third kappa shape index (κ3) is 5.25. The van der Waals surface area contributed by atoms with Crippen LogP contribution in [0.25, 0.3) is 11.4 Å². The molecule has 4 aromatic rings. The van der Waals surface area contributed by atoms with E-state index in [4.69, 9.17) is 26.3 Å². The third-order valence-electron chi connectivity index (χ3n) is 6.44. The molecule has 2 N–H and O–H groups in total. The maximum absolute atomic E-state index is 13.0. The van der Waals surface area contributed by atoms with Gasteiger partial charge < -0.3 is 15.2 Å². The number of halogens is 1. The number of nitrogens with one attached hydrogen (secondary N) is 1. The summed E-state index contributed by atoms with van der Waals surface area (Å²) in [7, 11) is 0. The second kappa shape index (κ2) is 10.7. The molecule has 0 atom stereocenters. The summed E-state index contributed by atoms with van der Waals surface area (Å²) in [5.41, 5.74) is 7.85. The molecule has 1 amide bonds. The van der Waals surface area contributed by atoms with Crippen molar-refractivity contribution in [2.75, 3.05) is 11.1 Å². The molecule has 2 aromatic heterocycles. The topological polar surface area (TPSA) is 97.2 Å². The van der Waals surface area contributed by atoms with Crippen LogP contribution >= 0.6 is 23.4 Å². The van der Waals surface area contributed by atoms with Crippen LogP contribution in [0.4, 0.5) is 5.69 Å². The van der Waals surface area contributed by atoms with Crippen molar-refractivity contribution < 1.29 is 14.6 Å². The lowest BCUT2D eigenvalue weighted by molar-refractivity contribution is -0.113. The van der Waals surface area contributed by atoms with Crippen LogP contribution in [-0.4, -0.2) is 31.7 Å². The number of hydrogen-bond acceptors (Lipinski definition) is 7. The van der Waals surface area contributed by atoms with Crippen molar-refractivity contribution >= 4 is 35.0 Å². The van der Waals surface area contributed by atoms with E-state index < -0.39 is 0 Å². The summed E-state index contributed by atoms with van der Waals surface area (Å²) >= 11 is 7.42. The SMILES string of the molecule is Cc1cc(C)c(NC(=O)CSc2nc(-c3ccc(Cl)cc3)nc3c2Cc2c(CO)cnc(C)c2O3)c(C)c1. The first kappa shape index (κ1) is 26.2. The van der Waals surface area contributed by atoms with Gasteiger partial charge in [0.1, 0.15) is 5.03 Å². The molecule has 0 bridgehead atoms. The Kier molecular flexibility index (Phi) is 7.38. The molecule has 7 nitrogen and oxygen atoms in total. The van der Waals surface area contributed by atoms with E-state index in [0.29, 0.717) is 45.2 Å². The molecule has 1 aliphatic rings. The van der Waals surface area contributed by atoms with Crippen molar-refractivity contribution in [2.45, 2.75) is 45.7 Å². The van der Waals surface area contributed by atoms with Crippen LogP contribution in [0.3, 0.4) is 0 Å². The van der Waals surface area contributed by atoms with E-state index in [1.165, 1.54) is 11.8 Å². The van der Waals surface area contributed by atoms with Crippen molar-refractivity contribution in [1.82, 2.24) is 15.0 Å². The molecule has 1 aliphatic heterocycles. The average molecular weight is 547 g/mol. The molecule has 194 valence electrons. The molecule has 9 heteroatoms. The van der Waals surface area contributed by atoms with Gasteiger partial charge in [-0.15, -0.1) is 0 Å². The Morgan fingerprint density at radius 1 is 1.08 bits per heavy atom. The predicted molar refractivity (Wildman–Crippen MR) is 150 cm³/mol. The second-order valence-electron chi connectivity index (χ2n) is 9.37. The van der Waals surface area contributed by atoms with Crippen molar-refractivity contribution in [3.05, 3.63) is 86.7 Å². The third-order valence-corrected chi connectivity index (χ3v) is 7.71. The van der Waals surface area contributed by atoms with E-state index in [-0.39, 0.29) is 18.3 Å². The Labute approximate surface area is 230 Å². The van der Waals surface area contributed by atoms with Crippen LogP contribution in [0.5, 0.6) is 11.6 Å². The van der Waals surface area contributed by atoms with E-state index >= 15 is 0 Å². The maximum Gasteiger partial charge on any atom is 0.234 e. The number of amides is 1. The summed E-state index contributed by atoms with van der Waals surface area (Å²) in [6, 6.07) is 11.4. The number of hydrogen-bond donors (Lipinski definition) is 2. The van der Waals surface area contributed by atoms with Crippen LogP contribution in [0, 0.1) is 27.7 Å². The largest absolute Gasteiger partial charge is 0.436 e. The molecule has 0 aliphatic carbocycles. The molecule has 5 rings (SSSR count). The van der Waals surface area contributed by atoms with Gasteiger partial charge in [0.2, 0.25) is 11.8 Å². The van der Waals surface area contributed by atoms with Gasteiger partial charge in [-0.25, -0.2) is 4.98 Å². The minimum absolute atomic E-state index is 0.126. The molecule has 2 aromatic carbocycles. The number of aliphatic hydroxyl groups excluding tert-OH is 1. The van der Waals surface area contributed by atoms with Crippen LogP contribution in [0.2, 0.25) is 5.02 Å². The maximum atomic E-state index is 13.0. The van der Waals surface area contributed by atoms with Crippen LogP contribution < -0.4 is 10.1 Å². The quantitative estimate of drug-likeness (QED) is 0.189. The molecule has 0 radical (unpaired) electrons. The van der Waals surface area contributed by atoms with Gasteiger partial charge in [-0.3, -0.25) is 9.78 Å². The zero-order valence-electron chi connectivity index (χ0n) is 21.6. The number of anilines is 1. The lowest BCUT2D eigenvalue weighted by atomic mass is 9.99. The lowest BCUT2D eigenvalue weighted by Crippen LogP contribution is -2.17. The Morgan fingerprint density at radius 2 is 1.79 bits per heavy atom. The molecular weight excluding hydrogens is 520 g/mol. The van der Waals surface area contributed by atoms with Crippen LogP contribution in [-0.2, 0) is 17.8 Å². The fraction of sp³-hybridized carbons (Fsp3) is 0.241. The van der Waals surface area contributed by atoms with Gasteiger partial charge >= 0.3 is 0 Å². The molecule has 38 heavy (non-hydrogen) atoms. The van der Waals surface area contributed by atoms with E-state index in [0.717, 1.165) is 39.1 Å². The van der Waals surface area contributed by atoms with E-state index in [2.05, 4.69) is 22.4 Å². The molecular formula is C29H27ClN4O3S.